The molecule has 0 aliphatic heterocycles. The van der Waals surface area contributed by atoms with Crippen molar-refractivity contribution in [2.24, 2.45) is 0 Å². The first-order chi connectivity index (χ1) is 11.3. The highest BCUT2D eigenvalue weighted by Gasteiger charge is 2.20. The molecule has 0 radical (unpaired) electrons. The molecule has 2 amide bonds. The standard InChI is InChI=1S/C16H12Cl2F2N2O2/c1-9(23)22(14-6-5-10(19)7-13(14)20)8-15(24)21-16-11(17)3-2-4-12(16)18/h2-7H,8H2,1H3,(H,21,24). The minimum Gasteiger partial charge on any atom is -0.322 e. The fraction of sp³-hybridized carbons (Fsp3) is 0.125. The molecule has 0 unspecified atom stereocenters. The zero-order chi connectivity index (χ0) is 17.9. The number of para-hydroxylation sites is 1. The van der Waals surface area contributed by atoms with Gasteiger partial charge < -0.3 is 10.2 Å². The Morgan fingerprint density at radius 2 is 1.75 bits per heavy atom. The van der Waals surface area contributed by atoms with Crippen molar-refractivity contribution in [3.05, 3.63) is 58.1 Å². The number of halogens is 4. The lowest BCUT2D eigenvalue weighted by molar-refractivity contribution is -0.120. The van der Waals surface area contributed by atoms with E-state index in [0.29, 0.717) is 6.07 Å². The van der Waals surface area contributed by atoms with Crippen molar-refractivity contribution in [2.45, 2.75) is 6.92 Å². The van der Waals surface area contributed by atoms with E-state index in [-0.39, 0.29) is 21.4 Å². The molecule has 2 aromatic carbocycles. The van der Waals surface area contributed by atoms with Crippen LogP contribution in [0.2, 0.25) is 10.0 Å². The number of benzene rings is 2. The molecular weight excluding hydrogens is 361 g/mol. The third kappa shape index (κ3) is 4.21. The summed E-state index contributed by atoms with van der Waals surface area (Å²) in [5.74, 6) is -2.95. The van der Waals surface area contributed by atoms with E-state index in [1.54, 1.807) is 6.07 Å². The molecule has 2 aromatic rings. The van der Waals surface area contributed by atoms with Gasteiger partial charge >= 0.3 is 0 Å². The third-order valence-electron chi connectivity index (χ3n) is 3.11. The van der Waals surface area contributed by atoms with E-state index in [9.17, 15) is 18.4 Å². The van der Waals surface area contributed by atoms with E-state index in [1.807, 2.05) is 0 Å². The van der Waals surface area contributed by atoms with Crippen LogP contribution in [0.15, 0.2) is 36.4 Å². The zero-order valence-electron chi connectivity index (χ0n) is 12.4. The highest BCUT2D eigenvalue weighted by atomic mass is 35.5. The van der Waals surface area contributed by atoms with Crippen LogP contribution in [-0.2, 0) is 9.59 Å². The van der Waals surface area contributed by atoms with Gasteiger partial charge in [0.2, 0.25) is 11.8 Å². The van der Waals surface area contributed by atoms with Crippen molar-refractivity contribution in [1.82, 2.24) is 0 Å². The van der Waals surface area contributed by atoms with E-state index in [1.165, 1.54) is 19.1 Å². The fourth-order valence-electron chi connectivity index (χ4n) is 2.01. The summed E-state index contributed by atoms with van der Waals surface area (Å²) < 4.78 is 26.9. The molecular formula is C16H12Cl2F2N2O2. The Morgan fingerprint density at radius 1 is 1.12 bits per heavy atom. The normalized spacial score (nSPS) is 10.4. The van der Waals surface area contributed by atoms with Gasteiger partial charge in [-0.1, -0.05) is 29.3 Å². The van der Waals surface area contributed by atoms with Gasteiger partial charge in [-0.25, -0.2) is 8.78 Å². The summed E-state index contributed by atoms with van der Waals surface area (Å²) >= 11 is 11.9. The van der Waals surface area contributed by atoms with Crippen molar-refractivity contribution in [3.63, 3.8) is 0 Å². The van der Waals surface area contributed by atoms with Crippen LogP contribution < -0.4 is 10.2 Å². The highest BCUT2D eigenvalue weighted by Crippen LogP contribution is 2.30. The van der Waals surface area contributed by atoms with Crippen molar-refractivity contribution >= 4 is 46.4 Å². The van der Waals surface area contributed by atoms with E-state index < -0.39 is 30.0 Å². The quantitative estimate of drug-likeness (QED) is 0.871. The minimum absolute atomic E-state index is 0.189. The van der Waals surface area contributed by atoms with Crippen molar-refractivity contribution in [3.8, 4) is 0 Å². The molecule has 8 heteroatoms. The largest absolute Gasteiger partial charge is 0.322 e. The van der Waals surface area contributed by atoms with E-state index in [4.69, 9.17) is 23.2 Å². The number of hydrogen-bond acceptors (Lipinski definition) is 2. The monoisotopic (exact) mass is 372 g/mol. The first-order valence-electron chi connectivity index (χ1n) is 6.76. The van der Waals surface area contributed by atoms with Crippen LogP contribution in [0.5, 0.6) is 0 Å². The molecule has 0 spiro atoms. The molecule has 0 fully saturated rings. The first-order valence-corrected chi connectivity index (χ1v) is 7.52. The van der Waals surface area contributed by atoms with E-state index in [2.05, 4.69) is 5.32 Å². The van der Waals surface area contributed by atoms with Crippen LogP contribution in [0.25, 0.3) is 0 Å². The summed E-state index contributed by atoms with van der Waals surface area (Å²) in [4.78, 5) is 24.8. The number of amides is 2. The van der Waals surface area contributed by atoms with Gasteiger partial charge in [-0.05, 0) is 24.3 Å². The van der Waals surface area contributed by atoms with Crippen molar-refractivity contribution < 1.29 is 18.4 Å². The van der Waals surface area contributed by atoms with Gasteiger partial charge in [-0.15, -0.1) is 0 Å². The maximum Gasteiger partial charge on any atom is 0.244 e. The van der Waals surface area contributed by atoms with Crippen LogP contribution in [-0.4, -0.2) is 18.4 Å². The number of carbonyl (C=O) groups excluding carboxylic acids is 2. The minimum atomic E-state index is -0.950. The van der Waals surface area contributed by atoms with Gasteiger partial charge in [0.15, 0.2) is 0 Å². The molecule has 0 aromatic heterocycles. The molecule has 0 aliphatic rings. The molecule has 2 rings (SSSR count). The topological polar surface area (TPSA) is 49.4 Å². The molecule has 0 heterocycles. The fourth-order valence-corrected chi connectivity index (χ4v) is 2.50. The maximum atomic E-state index is 13.9. The molecule has 1 N–H and O–H groups in total. The first kappa shape index (κ1) is 18.2. The Morgan fingerprint density at radius 3 is 2.29 bits per heavy atom. The maximum absolute atomic E-state index is 13.9. The number of nitrogens with zero attached hydrogens (tertiary/aromatic N) is 1. The van der Waals surface area contributed by atoms with Gasteiger partial charge in [0, 0.05) is 13.0 Å². The molecule has 126 valence electrons. The van der Waals surface area contributed by atoms with Gasteiger partial charge in [-0.2, -0.15) is 0 Å². The van der Waals surface area contributed by atoms with Crippen LogP contribution in [0, 0.1) is 11.6 Å². The predicted octanol–water partition coefficient (Wildman–Crippen LogP) is 4.26. The van der Waals surface area contributed by atoms with E-state index in [0.717, 1.165) is 17.0 Å². The van der Waals surface area contributed by atoms with Gasteiger partial charge in [0.25, 0.3) is 0 Å². The molecule has 0 bridgehead atoms. The Balaban J connectivity index is 2.22. The van der Waals surface area contributed by atoms with Crippen LogP contribution in [0.4, 0.5) is 20.2 Å². The number of nitrogens with one attached hydrogen (secondary N) is 1. The average Bonchev–Trinajstić information content (AvgIpc) is 2.49. The summed E-state index contributed by atoms with van der Waals surface area (Å²) in [5, 5.41) is 2.91. The van der Waals surface area contributed by atoms with Gasteiger partial charge in [-0.3, -0.25) is 9.59 Å². The Kier molecular flexibility index (Phi) is 5.75. The van der Waals surface area contributed by atoms with Crippen molar-refractivity contribution in [2.75, 3.05) is 16.8 Å². The summed E-state index contributed by atoms with van der Waals surface area (Å²) in [7, 11) is 0. The van der Waals surface area contributed by atoms with Gasteiger partial charge in [0.1, 0.15) is 18.2 Å². The van der Waals surface area contributed by atoms with Crippen LogP contribution in [0.1, 0.15) is 6.92 Å². The summed E-state index contributed by atoms with van der Waals surface area (Å²) in [5.41, 5.74) is -0.0155. The predicted molar refractivity (Wildman–Crippen MR) is 89.5 cm³/mol. The lowest BCUT2D eigenvalue weighted by atomic mass is 10.2. The number of hydrogen-bond donors (Lipinski definition) is 1. The molecule has 0 saturated heterocycles. The lowest BCUT2D eigenvalue weighted by Gasteiger charge is -2.21. The highest BCUT2D eigenvalue weighted by molar-refractivity contribution is 6.39. The van der Waals surface area contributed by atoms with E-state index >= 15 is 0 Å². The summed E-state index contributed by atoms with van der Waals surface area (Å²) in [6, 6.07) is 7.39. The number of rotatable bonds is 4. The summed E-state index contributed by atoms with van der Waals surface area (Å²) in [6.07, 6.45) is 0. The number of anilines is 2. The Labute approximate surface area is 147 Å². The second-order valence-electron chi connectivity index (χ2n) is 4.85. The molecule has 0 aliphatic carbocycles. The Bertz CT molecular complexity index is 779. The average molecular weight is 373 g/mol. The second kappa shape index (κ2) is 7.59. The third-order valence-corrected chi connectivity index (χ3v) is 3.74. The number of carbonyl (C=O) groups is 2. The lowest BCUT2D eigenvalue weighted by Crippen LogP contribution is -2.37. The molecule has 4 nitrogen and oxygen atoms in total. The van der Waals surface area contributed by atoms with Crippen molar-refractivity contribution in [1.29, 1.82) is 0 Å². The second-order valence-corrected chi connectivity index (χ2v) is 5.66. The molecule has 24 heavy (non-hydrogen) atoms. The zero-order valence-corrected chi connectivity index (χ0v) is 14.0. The van der Waals surface area contributed by atoms with Crippen LogP contribution >= 0.6 is 23.2 Å². The molecule has 0 saturated carbocycles. The Hall–Kier alpha value is -2.18. The van der Waals surface area contributed by atoms with Gasteiger partial charge in [0.05, 0.1) is 21.4 Å². The SMILES string of the molecule is CC(=O)N(CC(=O)Nc1c(Cl)cccc1Cl)c1ccc(F)cc1F. The van der Waals surface area contributed by atoms with Crippen LogP contribution in [0.3, 0.4) is 0 Å². The summed E-state index contributed by atoms with van der Waals surface area (Å²) in [6.45, 7) is 0.679. The molecule has 0 atom stereocenters. The smallest absolute Gasteiger partial charge is 0.244 e.